The summed E-state index contributed by atoms with van der Waals surface area (Å²) in [6, 6.07) is 11.3. The van der Waals surface area contributed by atoms with Crippen molar-refractivity contribution in [1.29, 1.82) is 5.26 Å². The number of likely N-dealkylation sites (tertiary alicyclic amines) is 1. The van der Waals surface area contributed by atoms with E-state index in [0.29, 0.717) is 32.7 Å². The summed E-state index contributed by atoms with van der Waals surface area (Å²) in [5, 5.41) is 9.22. The van der Waals surface area contributed by atoms with Gasteiger partial charge in [-0.15, -0.1) is 0 Å². The van der Waals surface area contributed by atoms with Crippen molar-refractivity contribution in [2.24, 2.45) is 5.92 Å². The first kappa shape index (κ1) is 17.4. The highest BCUT2D eigenvalue weighted by Gasteiger charge is 2.35. The molecule has 2 heterocycles. The molecule has 6 heteroatoms. The summed E-state index contributed by atoms with van der Waals surface area (Å²) in [7, 11) is 0. The predicted octanol–water partition coefficient (Wildman–Crippen LogP) is 1.22. The van der Waals surface area contributed by atoms with Crippen LogP contribution in [0.15, 0.2) is 30.3 Å². The third-order valence-corrected chi connectivity index (χ3v) is 4.88. The molecule has 0 spiro atoms. The molecular weight excluding hydrogens is 318 g/mol. The summed E-state index contributed by atoms with van der Waals surface area (Å²) >= 11 is 0. The monoisotopic (exact) mass is 341 g/mol. The Bertz CT molecular complexity index is 656. The van der Waals surface area contributed by atoms with Crippen LogP contribution in [0.4, 0.5) is 0 Å². The molecule has 0 N–H and O–H groups in total. The zero-order chi connectivity index (χ0) is 17.6. The van der Waals surface area contributed by atoms with Gasteiger partial charge in [0.1, 0.15) is 6.04 Å². The summed E-state index contributed by atoms with van der Waals surface area (Å²) in [5.74, 6) is -0.183. The van der Waals surface area contributed by atoms with Gasteiger partial charge in [0.25, 0.3) is 0 Å². The second-order valence-corrected chi connectivity index (χ2v) is 6.59. The first-order valence-corrected chi connectivity index (χ1v) is 8.78. The molecule has 0 radical (unpaired) electrons. The summed E-state index contributed by atoms with van der Waals surface area (Å²) in [6.07, 6.45) is 1.95. The van der Waals surface area contributed by atoms with Crippen LogP contribution in [0.5, 0.6) is 0 Å². The van der Waals surface area contributed by atoms with Gasteiger partial charge in [0, 0.05) is 19.6 Å². The molecule has 0 aromatic heterocycles. The molecule has 6 nitrogen and oxygen atoms in total. The number of hydrogen-bond acceptors (Lipinski definition) is 4. The van der Waals surface area contributed by atoms with Gasteiger partial charge in [-0.1, -0.05) is 30.3 Å². The lowest BCUT2D eigenvalue weighted by molar-refractivity contribution is -0.145. The van der Waals surface area contributed by atoms with Crippen LogP contribution in [0.3, 0.4) is 0 Å². The first-order valence-electron chi connectivity index (χ1n) is 8.78. The Labute approximate surface area is 148 Å². The molecule has 0 saturated carbocycles. The fourth-order valence-electron chi connectivity index (χ4n) is 3.50. The maximum atomic E-state index is 12.8. The Morgan fingerprint density at radius 3 is 2.80 bits per heavy atom. The Morgan fingerprint density at radius 2 is 2.04 bits per heavy atom. The average Bonchev–Trinajstić information content (AvgIpc) is 2.68. The van der Waals surface area contributed by atoms with Gasteiger partial charge in [0.05, 0.1) is 31.6 Å². The van der Waals surface area contributed by atoms with Crippen molar-refractivity contribution >= 4 is 11.8 Å². The van der Waals surface area contributed by atoms with Crippen molar-refractivity contribution in [1.82, 2.24) is 9.80 Å². The molecule has 2 amide bonds. The van der Waals surface area contributed by atoms with E-state index in [4.69, 9.17) is 4.74 Å². The van der Waals surface area contributed by atoms with Gasteiger partial charge in [0.15, 0.2) is 0 Å². The second kappa shape index (κ2) is 8.13. The molecule has 0 bridgehead atoms. The smallest absolute Gasteiger partial charge is 0.228 e. The highest BCUT2D eigenvalue weighted by Crippen LogP contribution is 2.22. The zero-order valence-electron chi connectivity index (χ0n) is 14.3. The van der Waals surface area contributed by atoms with Crippen LogP contribution in [0.25, 0.3) is 0 Å². The lowest BCUT2D eigenvalue weighted by Gasteiger charge is -2.38. The standard InChI is InChI=1S/C19H23N3O3/c20-12-17-14-25-10-9-22(17)19(24)16-7-4-8-21(13-16)18(23)11-15-5-2-1-3-6-15/h1-3,5-6,16-17H,4,7-11,13-14H2/t16-,17+/m0/s1. The van der Waals surface area contributed by atoms with Crippen LogP contribution in [0.1, 0.15) is 18.4 Å². The molecule has 2 atom stereocenters. The molecule has 0 unspecified atom stereocenters. The maximum absolute atomic E-state index is 12.8. The van der Waals surface area contributed by atoms with Crippen LogP contribution in [-0.4, -0.2) is 60.5 Å². The third-order valence-electron chi connectivity index (χ3n) is 4.88. The topological polar surface area (TPSA) is 73.6 Å². The molecule has 1 aromatic rings. The molecule has 1 aromatic carbocycles. The van der Waals surface area contributed by atoms with E-state index in [1.165, 1.54) is 0 Å². The minimum absolute atomic E-state index is 0.0212. The molecular formula is C19H23N3O3. The molecule has 25 heavy (non-hydrogen) atoms. The van der Waals surface area contributed by atoms with E-state index >= 15 is 0 Å². The van der Waals surface area contributed by atoms with Crippen molar-refractivity contribution in [2.75, 3.05) is 32.8 Å². The minimum atomic E-state index is -0.517. The lowest BCUT2D eigenvalue weighted by Crippen LogP contribution is -2.53. The molecule has 3 rings (SSSR count). The highest BCUT2D eigenvalue weighted by molar-refractivity contribution is 5.83. The Hall–Kier alpha value is -2.39. The van der Waals surface area contributed by atoms with E-state index in [1.54, 1.807) is 9.80 Å². The van der Waals surface area contributed by atoms with Gasteiger partial charge in [-0.25, -0.2) is 0 Å². The quantitative estimate of drug-likeness (QED) is 0.828. The third kappa shape index (κ3) is 4.18. The van der Waals surface area contributed by atoms with Crippen LogP contribution < -0.4 is 0 Å². The maximum Gasteiger partial charge on any atom is 0.228 e. The van der Waals surface area contributed by atoms with Gasteiger partial charge in [-0.3, -0.25) is 9.59 Å². The van der Waals surface area contributed by atoms with E-state index in [9.17, 15) is 14.9 Å². The SMILES string of the molecule is N#C[C@@H]1COCCN1C(=O)[C@H]1CCCN(C(=O)Cc2ccccc2)C1. The summed E-state index contributed by atoms with van der Waals surface area (Å²) in [4.78, 5) is 28.8. The van der Waals surface area contributed by atoms with Crippen molar-refractivity contribution in [2.45, 2.75) is 25.3 Å². The molecule has 2 saturated heterocycles. The number of benzene rings is 1. The fourth-order valence-corrected chi connectivity index (χ4v) is 3.50. The molecule has 2 aliphatic rings. The molecule has 2 aliphatic heterocycles. The minimum Gasteiger partial charge on any atom is -0.376 e. The number of piperidine rings is 1. The molecule has 132 valence electrons. The average molecular weight is 341 g/mol. The van der Waals surface area contributed by atoms with E-state index in [-0.39, 0.29) is 24.3 Å². The van der Waals surface area contributed by atoms with Crippen molar-refractivity contribution in [3.8, 4) is 6.07 Å². The number of carbonyl (C=O) groups is 2. The van der Waals surface area contributed by atoms with Gasteiger partial charge in [-0.2, -0.15) is 5.26 Å². The Morgan fingerprint density at radius 1 is 1.24 bits per heavy atom. The lowest BCUT2D eigenvalue weighted by atomic mass is 9.95. The molecule has 0 aliphatic carbocycles. The fraction of sp³-hybridized carbons (Fsp3) is 0.526. The largest absolute Gasteiger partial charge is 0.376 e. The Balaban J connectivity index is 1.61. The van der Waals surface area contributed by atoms with E-state index in [1.807, 2.05) is 30.3 Å². The number of carbonyl (C=O) groups excluding carboxylic acids is 2. The number of nitriles is 1. The van der Waals surface area contributed by atoms with E-state index in [0.717, 1.165) is 18.4 Å². The van der Waals surface area contributed by atoms with Gasteiger partial charge in [-0.05, 0) is 18.4 Å². The number of nitrogens with zero attached hydrogens (tertiary/aromatic N) is 3. The van der Waals surface area contributed by atoms with E-state index in [2.05, 4.69) is 6.07 Å². The number of hydrogen-bond donors (Lipinski definition) is 0. The van der Waals surface area contributed by atoms with Crippen molar-refractivity contribution in [3.05, 3.63) is 35.9 Å². The number of ether oxygens (including phenoxy) is 1. The number of morpholine rings is 1. The number of rotatable bonds is 3. The van der Waals surface area contributed by atoms with Gasteiger partial charge < -0.3 is 14.5 Å². The van der Waals surface area contributed by atoms with Crippen LogP contribution in [0.2, 0.25) is 0 Å². The van der Waals surface area contributed by atoms with Crippen LogP contribution >= 0.6 is 0 Å². The summed E-state index contributed by atoms with van der Waals surface area (Å²) in [6.45, 7) is 2.32. The highest BCUT2D eigenvalue weighted by atomic mass is 16.5. The zero-order valence-corrected chi connectivity index (χ0v) is 14.3. The molecule has 2 fully saturated rings. The normalized spacial score (nSPS) is 23.8. The second-order valence-electron chi connectivity index (χ2n) is 6.59. The van der Waals surface area contributed by atoms with Gasteiger partial charge >= 0.3 is 0 Å². The summed E-state index contributed by atoms with van der Waals surface area (Å²) in [5.41, 5.74) is 0.985. The predicted molar refractivity (Wildman–Crippen MR) is 91.4 cm³/mol. The van der Waals surface area contributed by atoms with Crippen LogP contribution in [-0.2, 0) is 20.7 Å². The van der Waals surface area contributed by atoms with E-state index < -0.39 is 6.04 Å². The first-order chi connectivity index (χ1) is 12.2. The van der Waals surface area contributed by atoms with Crippen molar-refractivity contribution < 1.29 is 14.3 Å². The van der Waals surface area contributed by atoms with Crippen LogP contribution in [0, 0.1) is 17.2 Å². The summed E-state index contributed by atoms with van der Waals surface area (Å²) < 4.78 is 5.29. The van der Waals surface area contributed by atoms with Crippen molar-refractivity contribution in [3.63, 3.8) is 0 Å². The van der Waals surface area contributed by atoms with Gasteiger partial charge in [0.2, 0.25) is 11.8 Å². The number of amides is 2. The Kier molecular flexibility index (Phi) is 5.67.